The van der Waals surface area contributed by atoms with Crippen LogP contribution in [0.1, 0.15) is 17.3 Å². The van der Waals surface area contributed by atoms with Gasteiger partial charge in [0.25, 0.3) is 0 Å². The van der Waals surface area contributed by atoms with Crippen molar-refractivity contribution in [3.05, 3.63) is 35.9 Å². The minimum absolute atomic E-state index is 0.0250. The lowest BCUT2D eigenvalue weighted by atomic mass is 10.0. The molecule has 0 fully saturated rings. The van der Waals surface area contributed by atoms with Crippen LogP contribution >= 0.6 is 0 Å². The van der Waals surface area contributed by atoms with Crippen LogP contribution in [0.15, 0.2) is 30.3 Å². The summed E-state index contributed by atoms with van der Waals surface area (Å²) in [5.41, 5.74) is 0.670. The Balaban J connectivity index is 2.67. The molecule has 0 aliphatic rings. The Bertz CT molecular complexity index is 390. The summed E-state index contributed by atoms with van der Waals surface area (Å²) in [5.74, 6) is -0.0720. The quantitative estimate of drug-likeness (QED) is 0.771. The first-order valence-electron chi connectivity index (χ1n) is 5.56. The predicted molar refractivity (Wildman–Crippen MR) is 66.9 cm³/mol. The Morgan fingerprint density at radius 1 is 1.29 bits per heavy atom. The zero-order valence-electron chi connectivity index (χ0n) is 10.4. The maximum atomic E-state index is 12.1. The lowest BCUT2D eigenvalue weighted by Gasteiger charge is -2.22. The van der Waals surface area contributed by atoms with E-state index in [4.69, 9.17) is 0 Å². The summed E-state index contributed by atoms with van der Waals surface area (Å²) in [6, 6.07) is 8.79. The van der Waals surface area contributed by atoms with Gasteiger partial charge < -0.3 is 5.32 Å². The molecule has 1 amide bonds. The van der Waals surface area contributed by atoms with E-state index in [1.807, 2.05) is 18.2 Å². The van der Waals surface area contributed by atoms with Gasteiger partial charge in [-0.3, -0.25) is 14.5 Å². The fourth-order valence-electron chi connectivity index (χ4n) is 1.49. The van der Waals surface area contributed by atoms with Crippen LogP contribution in [-0.2, 0) is 4.79 Å². The van der Waals surface area contributed by atoms with E-state index in [1.165, 1.54) is 0 Å². The van der Waals surface area contributed by atoms with Crippen LogP contribution < -0.4 is 5.32 Å². The van der Waals surface area contributed by atoms with E-state index in [0.717, 1.165) is 0 Å². The highest BCUT2D eigenvalue weighted by molar-refractivity contribution is 6.00. The third-order valence-corrected chi connectivity index (χ3v) is 2.77. The van der Waals surface area contributed by atoms with Gasteiger partial charge in [0, 0.05) is 12.6 Å². The summed E-state index contributed by atoms with van der Waals surface area (Å²) >= 11 is 0. The van der Waals surface area contributed by atoms with Gasteiger partial charge in [-0.25, -0.2) is 0 Å². The van der Waals surface area contributed by atoms with Crippen LogP contribution in [-0.4, -0.2) is 43.3 Å². The third kappa shape index (κ3) is 3.67. The average molecular weight is 234 g/mol. The summed E-state index contributed by atoms with van der Waals surface area (Å²) in [6.45, 7) is 2.02. The van der Waals surface area contributed by atoms with Crippen molar-refractivity contribution in [2.75, 3.05) is 20.6 Å². The van der Waals surface area contributed by atoms with E-state index in [9.17, 15) is 9.59 Å². The third-order valence-electron chi connectivity index (χ3n) is 2.77. The monoisotopic (exact) mass is 234 g/mol. The number of carbonyl (C=O) groups is 2. The molecule has 1 N–H and O–H groups in total. The largest absolute Gasteiger partial charge is 0.358 e. The summed E-state index contributed by atoms with van der Waals surface area (Å²) in [6.07, 6.45) is 0. The topological polar surface area (TPSA) is 49.4 Å². The smallest absolute Gasteiger partial charge is 0.233 e. The first-order chi connectivity index (χ1) is 8.06. The molecule has 1 atom stereocenters. The van der Waals surface area contributed by atoms with Crippen molar-refractivity contribution in [2.24, 2.45) is 0 Å². The van der Waals surface area contributed by atoms with Gasteiger partial charge in [-0.05, 0) is 14.0 Å². The average Bonchev–Trinajstić information content (AvgIpc) is 2.37. The van der Waals surface area contributed by atoms with Crippen molar-refractivity contribution in [2.45, 2.75) is 13.0 Å². The Hall–Kier alpha value is -1.68. The molecule has 1 unspecified atom stereocenters. The van der Waals surface area contributed by atoms with Gasteiger partial charge in [0.15, 0.2) is 5.78 Å². The molecular weight excluding hydrogens is 216 g/mol. The molecule has 0 aromatic heterocycles. The van der Waals surface area contributed by atoms with E-state index in [2.05, 4.69) is 5.32 Å². The highest BCUT2D eigenvalue weighted by Crippen LogP contribution is 2.07. The number of benzene rings is 1. The minimum Gasteiger partial charge on any atom is -0.358 e. The van der Waals surface area contributed by atoms with Crippen LogP contribution in [0.25, 0.3) is 0 Å². The van der Waals surface area contributed by atoms with E-state index in [0.29, 0.717) is 5.56 Å². The maximum Gasteiger partial charge on any atom is 0.233 e. The number of hydrogen-bond donors (Lipinski definition) is 1. The number of rotatable bonds is 5. The standard InChI is InChI=1S/C13H18N2O2/c1-10(15(3)9-12(16)14-2)13(17)11-7-5-4-6-8-11/h4-8,10H,9H2,1-3H3,(H,14,16). The molecule has 0 saturated heterocycles. The van der Waals surface area contributed by atoms with Crippen LogP contribution in [0.4, 0.5) is 0 Å². The maximum absolute atomic E-state index is 12.1. The van der Waals surface area contributed by atoms with Crippen LogP contribution in [0, 0.1) is 0 Å². The van der Waals surface area contributed by atoms with E-state index in [-0.39, 0.29) is 24.3 Å². The van der Waals surface area contributed by atoms with Crippen molar-refractivity contribution in [3.63, 3.8) is 0 Å². The highest BCUT2D eigenvalue weighted by Gasteiger charge is 2.20. The van der Waals surface area contributed by atoms with Gasteiger partial charge in [-0.2, -0.15) is 0 Å². The van der Waals surface area contributed by atoms with E-state index >= 15 is 0 Å². The van der Waals surface area contributed by atoms with Gasteiger partial charge in [-0.1, -0.05) is 30.3 Å². The number of Topliss-reactive ketones (excluding diaryl/α,β-unsaturated/α-hetero) is 1. The number of nitrogens with one attached hydrogen (secondary N) is 1. The molecular formula is C13H18N2O2. The van der Waals surface area contributed by atoms with Gasteiger partial charge in [0.2, 0.25) is 5.91 Å². The lowest BCUT2D eigenvalue weighted by molar-refractivity contribution is -0.121. The molecule has 1 rings (SSSR count). The van der Waals surface area contributed by atoms with E-state index in [1.54, 1.807) is 38.1 Å². The minimum atomic E-state index is -0.310. The zero-order valence-corrected chi connectivity index (χ0v) is 10.4. The molecule has 4 heteroatoms. The Labute approximate surface area is 102 Å². The Kier molecular flexibility index (Phi) is 4.84. The summed E-state index contributed by atoms with van der Waals surface area (Å²) < 4.78 is 0. The van der Waals surface area contributed by atoms with Crippen molar-refractivity contribution in [1.82, 2.24) is 10.2 Å². The normalized spacial score (nSPS) is 12.2. The molecule has 0 bridgehead atoms. The van der Waals surface area contributed by atoms with Gasteiger partial charge in [0.05, 0.1) is 12.6 Å². The summed E-state index contributed by atoms with van der Waals surface area (Å²) in [4.78, 5) is 25.0. The molecule has 17 heavy (non-hydrogen) atoms. The second-order valence-corrected chi connectivity index (χ2v) is 3.99. The molecule has 0 aliphatic carbocycles. The molecule has 92 valence electrons. The predicted octanol–water partition coefficient (Wildman–Crippen LogP) is 0.936. The molecule has 0 radical (unpaired) electrons. The van der Waals surface area contributed by atoms with Crippen LogP contribution in [0.3, 0.4) is 0 Å². The number of likely N-dealkylation sites (N-methyl/N-ethyl adjacent to an activating group) is 2. The van der Waals surface area contributed by atoms with Crippen LogP contribution in [0.5, 0.6) is 0 Å². The van der Waals surface area contributed by atoms with Crippen molar-refractivity contribution in [3.8, 4) is 0 Å². The second-order valence-electron chi connectivity index (χ2n) is 3.99. The number of ketones is 1. The fraction of sp³-hybridized carbons (Fsp3) is 0.385. The van der Waals surface area contributed by atoms with Crippen LogP contribution in [0.2, 0.25) is 0 Å². The van der Waals surface area contributed by atoms with Gasteiger partial charge >= 0.3 is 0 Å². The summed E-state index contributed by atoms with van der Waals surface area (Å²) in [7, 11) is 3.35. The molecule has 1 aromatic rings. The SMILES string of the molecule is CNC(=O)CN(C)C(C)C(=O)c1ccccc1. The highest BCUT2D eigenvalue weighted by atomic mass is 16.2. The first kappa shape index (κ1) is 13.4. The Morgan fingerprint density at radius 2 is 1.88 bits per heavy atom. The lowest BCUT2D eigenvalue weighted by Crippen LogP contribution is -2.42. The molecule has 0 heterocycles. The van der Waals surface area contributed by atoms with Gasteiger partial charge in [-0.15, -0.1) is 0 Å². The van der Waals surface area contributed by atoms with Crippen molar-refractivity contribution in [1.29, 1.82) is 0 Å². The van der Waals surface area contributed by atoms with Crippen molar-refractivity contribution < 1.29 is 9.59 Å². The molecule has 0 saturated carbocycles. The van der Waals surface area contributed by atoms with Crippen molar-refractivity contribution >= 4 is 11.7 Å². The molecule has 4 nitrogen and oxygen atoms in total. The fourth-order valence-corrected chi connectivity index (χ4v) is 1.49. The molecule has 1 aromatic carbocycles. The molecule has 0 spiro atoms. The zero-order chi connectivity index (χ0) is 12.8. The number of hydrogen-bond acceptors (Lipinski definition) is 3. The first-order valence-corrected chi connectivity index (χ1v) is 5.56. The number of carbonyl (C=O) groups excluding carboxylic acids is 2. The number of amides is 1. The summed E-state index contributed by atoms with van der Waals surface area (Å²) in [5, 5.41) is 2.54. The number of nitrogens with zero attached hydrogens (tertiary/aromatic N) is 1. The Morgan fingerprint density at radius 3 is 2.41 bits per heavy atom. The second kappa shape index (κ2) is 6.15. The van der Waals surface area contributed by atoms with Gasteiger partial charge in [0.1, 0.15) is 0 Å². The molecule has 0 aliphatic heterocycles. The van der Waals surface area contributed by atoms with E-state index < -0.39 is 0 Å².